The molecule has 3 heteroatoms. The van der Waals surface area contributed by atoms with Crippen molar-refractivity contribution in [3.8, 4) is 0 Å². The van der Waals surface area contributed by atoms with Crippen LogP contribution in [-0.4, -0.2) is 17.2 Å². The summed E-state index contributed by atoms with van der Waals surface area (Å²) in [5.74, 6) is 1.09. The Bertz CT molecular complexity index is 426. The standard InChI is InChI=1S/C19H33N3/c1-4-5-6-7-8-9-10-11-14-21-19-17(13-12-15-22-19)18(20)16(2)3/h12-13,15-16,20H,4-11,14H2,1-3H3,(H,21,22). The quantitative estimate of drug-likeness (QED) is 0.387. The van der Waals surface area contributed by atoms with E-state index in [1.54, 1.807) is 6.20 Å². The van der Waals surface area contributed by atoms with Crippen LogP contribution in [0.4, 0.5) is 5.82 Å². The number of nitrogens with one attached hydrogen (secondary N) is 2. The second kappa shape index (κ2) is 11.2. The zero-order valence-corrected chi connectivity index (χ0v) is 14.6. The van der Waals surface area contributed by atoms with E-state index in [0.29, 0.717) is 5.71 Å². The fourth-order valence-electron chi connectivity index (χ4n) is 2.54. The highest BCUT2D eigenvalue weighted by Gasteiger charge is 2.11. The summed E-state index contributed by atoms with van der Waals surface area (Å²) in [5.41, 5.74) is 1.60. The van der Waals surface area contributed by atoms with E-state index in [-0.39, 0.29) is 5.92 Å². The van der Waals surface area contributed by atoms with Crippen molar-refractivity contribution in [1.29, 1.82) is 5.41 Å². The number of pyridine rings is 1. The maximum absolute atomic E-state index is 8.17. The summed E-state index contributed by atoms with van der Waals surface area (Å²) >= 11 is 0. The molecular formula is C19H33N3. The lowest BCUT2D eigenvalue weighted by Crippen LogP contribution is -2.13. The average Bonchev–Trinajstić information content (AvgIpc) is 2.53. The Hall–Kier alpha value is -1.38. The fraction of sp³-hybridized carbons (Fsp3) is 0.684. The molecular weight excluding hydrogens is 270 g/mol. The van der Waals surface area contributed by atoms with Gasteiger partial charge in [-0.1, -0.05) is 65.7 Å². The van der Waals surface area contributed by atoms with Gasteiger partial charge in [0.25, 0.3) is 0 Å². The molecule has 2 N–H and O–H groups in total. The molecule has 124 valence electrons. The van der Waals surface area contributed by atoms with Crippen LogP contribution in [0, 0.1) is 11.3 Å². The number of rotatable bonds is 12. The highest BCUT2D eigenvalue weighted by atomic mass is 15.0. The molecule has 0 fully saturated rings. The smallest absolute Gasteiger partial charge is 0.135 e. The van der Waals surface area contributed by atoms with Crippen molar-refractivity contribution in [3.63, 3.8) is 0 Å². The molecule has 0 unspecified atom stereocenters. The number of unbranched alkanes of at least 4 members (excludes halogenated alkanes) is 7. The van der Waals surface area contributed by atoms with Crippen LogP contribution in [0.15, 0.2) is 18.3 Å². The predicted molar refractivity (Wildman–Crippen MR) is 97.0 cm³/mol. The minimum atomic E-state index is 0.230. The number of aromatic nitrogens is 1. The minimum absolute atomic E-state index is 0.230. The summed E-state index contributed by atoms with van der Waals surface area (Å²) in [6, 6.07) is 3.90. The second-order valence-corrected chi connectivity index (χ2v) is 6.37. The Balaban J connectivity index is 2.24. The van der Waals surface area contributed by atoms with E-state index in [9.17, 15) is 0 Å². The minimum Gasteiger partial charge on any atom is -0.370 e. The molecule has 0 atom stereocenters. The van der Waals surface area contributed by atoms with E-state index < -0.39 is 0 Å². The first kappa shape index (κ1) is 18.7. The Labute approximate surface area is 136 Å². The van der Waals surface area contributed by atoms with Crippen molar-refractivity contribution in [2.45, 2.75) is 72.1 Å². The summed E-state index contributed by atoms with van der Waals surface area (Å²) in [4.78, 5) is 4.40. The van der Waals surface area contributed by atoms with Gasteiger partial charge in [0.05, 0.1) is 0 Å². The lowest BCUT2D eigenvalue weighted by molar-refractivity contribution is 0.581. The van der Waals surface area contributed by atoms with Gasteiger partial charge >= 0.3 is 0 Å². The third kappa shape index (κ3) is 7.06. The zero-order valence-electron chi connectivity index (χ0n) is 14.6. The van der Waals surface area contributed by atoms with Gasteiger partial charge in [0, 0.05) is 24.0 Å². The van der Waals surface area contributed by atoms with Crippen LogP contribution in [0.2, 0.25) is 0 Å². The van der Waals surface area contributed by atoms with E-state index >= 15 is 0 Å². The van der Waals surface area contributed by atoms with Crippen molar-refractivity contribution in [3.05, 3.63) is 23.9 Å². The summed E-state index contributed by atoms with van der Waals surface area (Å²) in [7, 11) is 0. The van der Waals surface area contributed by atoms with Crippen LogP contribution < -0.4 is 5.32 Å². The maximum atomic E-state index is 8.17. The largest absolute Gasteiger partial charge is 0.370 e. The molecule has 0 bridgehead atoms. The molecule has 0 spiro atoms. The molecule has 0 amide bonds. The molecule has 0 aromatic carbocycles. The number of hydrogen-bond acceptors (Lipinski definition) is 3. The van der Waals surface area contributed by atoms with Gasteiger partial charge in [0.15, 0.2) is 0 Å². The Kier molecular flexibility index (Phi) is 9.52. The third-order valence-electron chi connectivity index (χ3n) is 4.00. The average molecular weight is 303 g/mol. The maximum Gasteiger partial charge on any atom is 0.135 e. The van der Waals surface area contributed by atoms with Gasteiger partial charge in [-0.15, -0.1) is 0 Å². The third-order valence-corrected chi connectivity index (χ3v) is 4.00. The van der Waals surface area contributed by atoms with Crippen LogP contribution in [0.3, 0.4) is 0 Å². The van der Waals surface area contributed by atoms with Crippen LogP contribution in [0.1, 0.15) is 77.7 Å². The molecule has 0 radical (unpaired) electrons. The molecule has 0 aliphatic rings. The number of anilines is 1. The van der Waals surface area contributed by atoms with Gasteiger partial charge in [-0.3, -0.25) is 0 Å². The van der Waals surface area contributed by atoms with Crippen LogP contribution in [0.25, 0.3) is 0 Å². The second-order valence-electron chi connectivity index (χ2n) is 6.37. The molecule has 0 aliphatic carbocycles. The van der Waals surface area contributed by atoms with Gasteiger partial charge in [-0.2, -0.15) is 0 Å². The molecule has 0 aliphatic heterocycles. The Morgan fingerprint density at radius 3 is 2.36 bits per heavy atom. The van der Waals surface area contributed by atoms with Gasteiger partial charge < -0.3 is 10.7 Å². The SMILES string of the molecule is CCCCCCCCCCNc1ncccc1C(=N)C(C)C. The Morgan fingerprint density at radius 2 is 1.73 bits per heavy atom. The van der Waals surface area contributed by atoms with E-state index in [1.165, 1.54) is 51.4 Å². The summed E-state index contributed by atoms with van der Waals surface area (Å²) in [6.45, 7) is 7.32. The first-order valence-corrected chi connectivity index (χ1v) is 8.94. The first-order chi connectivity index (χ1) is 10.7. The topological polar surface area (TPSA) is 48.8 Å². The summed E-state index contributed by atoms with van der Waals surface area (Å²) in [5, 5.41) is 11.6. The Morgan fingerprint density at radius 1 is 1.09 bits per heavy atom. The van der Waals surface area contributed by atoms with Crippen molar-refractivity contribution in [2.75, 3.05) is 11.9 Å². The predicted octanol–water partition coefficient (Wildman–Crippen LogP) is 5.66. The van der Waals surface area contributed by atoms with Gasteiger partial charge in [-0.05, 0) is 24.5 Å². The van der Waals surface area contributed by atoms with Crippen LogP contribution in [-0.2, 0) is 0 Å². The monoisotopic (exact) mass is 303 g/mol. The van der Waals surface area contributed by atoms with Gasteiger partial charge in [-0.25, -0.2) is 4.98 Å². The van der Waals surface area contributed by atoms with E-state index in [0.717, 1.165) is 17.9 Å². The highest BCUT2D eigenvalue weighted by Crippen LogP contribution is 2.16. The van der Waals surface area contributed by atoms with E-state index in [1.807, 2.05) is 12.1 Å². The number of hydrogen-bond donors (Lipinski definition) is 2. The van der Waals surface area contributed by atoms with E-state index in [2.05, 4.69) is 31.1 Å². The molecule has 1 aromatic rings. The lowest BCUT2D eigenvalue weighted by atomic mass is 10.0. The molecule has 0 saturated carbocycles. The molecule has 0 saturated heterocycles. The molecule has 3 nitrogen and oxygen atoms in total. The van der Waals surface area contributed by atoms with Gasteiger partial charge in [0.1, 0.15) is 5.82 Å². The zero-order chi connectivity index (χ0) is 16.2. The first-order valence-electron chi connectivity index (χ1n) is 8.94. The van der Waals surface area contributed by atoms with E-state index in [4.69, 9.17) is 5.41 Å². The van der Waals surface area contributed by atoms with Crippen molar-refractivity contribution < 1.29 is 0 Å². The molecule has 1 aromatic heterocycles. The number of nitrogens with zero attached hydrogens (tertiary/aromatic N) is 1. The van der Waals surface area contributed by atoms with Gasteiger partial charge in [0.2, 0.25) is 0 Å². The van der Waals surface area contributed by atoms with Crippen LogP contribution in [0.5, 0.6) is 0 Å². The molecule has 22 heavy (non-hydrogen) atoms. The molecule has 1 heterocycles. The lowest BCUT2D eigenvalue weighted by Gasteiger charge is -2.13. The normalized spacial score (nSPS) is 10.9. The summed E-state index contributed by atoms with van der Waals surface area (Å²) < 4.78 is 0. The van der Waals surface area contributed by atoms with Crippen molar-refractivity contribution in [2.24, 2.45) is 5.92 Å². The van der Waals surface area contributed by atoms with Crippen molar-refractivity contribution >= 4 is 11.5 Å². The fourth-order valence-corrected chi connectivity index (χ4v) is 2.54. The summed E-state index contributed by atoms with van der Waals surface area (Å²) in [6.07, 6.45) is 12.4. The molecule has 1 rings (SSSR count). The van der Waals surface area contributed by atoms with Crippen molar-refractivity contribution in [1.82, 2.24) is 4.98 Å². The highest BCUT2D eigenvalue weighted by molar-refractivity contribution is 6.03. The van der Waals surface area contributed by atoms with Crippen LogP contribution >= 0.6 is 0 Å².